The Hall–Kier alpha value is -1.02. The summed E-state index contributed by atoms with van der Waals surface area (Å²) in [7, 11) is 0. The molecule has 104 valence electrons. The SMILES string of the molecule is CCCC1CCN(C2CCc3cc(O)ccc32)CC1. The topological polar surface area (TPSA) is 23.5 Å². The highest BCUT2D eigenvalue weighted by Crippen LogP contribution is 2.39. The zero-order valence-electron chi connectivity index (χ0n) is 11.9. The predicted octanol–water partition coefficient (Wildman–Crippen LogP) is 3.89. The Kier molecular flexibility index (Phi) is 3.79. The van der Waals surface area contributed by atoms with Gasteiger partial charge < -0.3 is 5.11 Å². The van der Waals surface area contributed by atoms with Crippen LogP contribution in [0.2, 0.25) is 0 Å². The van der Waals surface area contributed by atoms with Crippen molar-refractivity contribution in [3.05, 3.63) is 29.3 Å². The van der Waals surface area contributed by atoms with Crippen LogP contribution in [0.25, 0.3) is 0 Å². The predicted molar refractivity (Wildman–Crippen MR) is 78.4 cm³/mol. The largest absolute Gasteiger partial charge is 0.508 e. The molecule has 1 aromatic carbocycles. The molecule has 0 bridgehead atoms. The number of hydrogen-bond acceptors (Lipinski definition) is 2. The first kappa shape index (κ1) is 13.0. The molecule has 1 saturated heterocycles. The van der Waals surface area contributed by atoms with Gasteiger partial charge in [-0.15, -0.1) is 0 Å². The molecule has 2 nitrogen and oxygen atoms in total. The van der Waals surface area contributed by atoms with E-state index in [-0.39, 0.29) is 0 Å². The van der Waals surface area contributed by atoms with Gasteiger partial charge in [-0.25, -0.2) is 0 Å². The minimum atomic E-state index is 0.418. The molecule has 1 aliphatic heterocycles. The first-order chi connectivity index (χ1) is 9.28. The number of rotatable bonds is 3. The lowest BCUT2D eigenvalue weighted by Gasteiger charge is -2.36. The van der Waals surface area contributed by atoms with Crippen molar-refractivity contribution in [2.24, 2.45) is 5.92 Å². The Labute approximate surface area is 116 Å². The van der Waals surface area contributed by atoms with Gasteiger partial charge in [0.15, 0.2) is 0 Å². The number of benzene rings is 1. The zero-order chi connectivity index (χ0) is 13.2. The fourth-order valence-corrected chi connectivity index (χ4v) is 3.92. The van der Waals surface area contributed by atoms with E-state index in [0.29, 0.717) is 11.8 Å². The van der Waals surface area contributed by atoms with E-state index in [1.54, 1.807) is 0 Å². The van der Waals surface area contributed by atoms with E-state index in [2.05, 4.69) is 17.9 Å². The van der Waals surface area contributed by atoms with Gasteiger partial charge in [0.25, 0.3) is 0 Å². The average molecular weight is 259 g/mol. The molecule has 1 heterocycles. The smallest absolute Gasteiger partial charge is 0.115 e. The van der Waals surface area contributed by atoms with E-state index in [1.807, 2.05) is 12.1 Å². The van der Waals surface area contributed by atoms with Crippen LogP contribution in [0.3, 0.4) is 0 Å². The molecule has 0 radical (unpaired) electrons. The Morgan fingerprint density at radius 2 is 2.00 bits per heavy atom. The molecule has 0 saturated carbocycles. The third kappa shape index (κ3) is 2.64. The number of nitrogens with zero attached hydrogens (tertiary/aromatic N) is 1. The molecule has 0 aromatic heterocycles. The summed E-state index contributed by atoms with van der Waals surface area (Å²) >= 11 is 0. The molecule has 2 heteroatoms. The normalized spacial score (nSPS) is 24.6. The van der Waals surface area contributed by atoms with Gasteiger partial charge in [0.2, 0.25) is 0 Å². The Balaban J connectivity index is 1.66. The van der Waals surface area contributed by atoms with Crippen LogP contribution < -0.4 is 0 Å². The Morgan fingerprint density at radius 1 is 1.21 bits per heavy atom. The van der Waals surface area contributed by atoms with E-state index in [4.69, 9.17) is 0 Å². The minimum absolute atomic E-state index is 0.418. The van der Waals surface area contributed by atoms with E-state index >= 15 is 0 Å². The molecule has 19 heavy (non-hydrogen) atoms. The van der Waals surface area contributed by atoms with Crippen molar-refractivity contribution >= 4 is 0 Å². The van der Waals surface area contributed by atoms with Gasteiger partial charge >= 0.3 is 0 Å². The van der Waals surface area contributed by atoms with Gasteiger partial charge in [0.1, 0.15) is 5.75 Å². The Morgan fingerprint density at radius 3 is 2.74 bits per heavy atom. The first-order valence-electron chi connectivity index (χ1n) is 7.83. The van der Waals surface area contributed by atoms with Crippen LogP contribution in [0.5, 0.6) is 5.75 Å². The van der Waals surface area contributed by atoms with Crippen molar-refractivity contribution < 1.29 is 5.11 Å². The quantitative estimate of drug-likeness (QED) is 0.890. The van der Waals surface area contributed by atoms with Gasteiger partial charge in [-0.1, -0.05) is 25.8 Å². The molecule has 1 aromatic rings. The third-order valence-electron chi connectivity index (χ3n) is 4.96. The van der Waals surface area contributed by atoms with Crippen molar-refractivity contribution in [3.63, 3.8) is 0 Å². The molecule has 0 amide bonds. The lowest BCUT2D eigenvalue weighted by atomic mass is 9.91. The third-order valence-corrected chi connectivity index (χ3v) is 4.96. The van der Waals surface area contributed by atoms with E-state index in [0.717, 1.165) is 12.3 Å². The van der Waals surface area contributed by atoms with Gasteiger partial charge in [0, 0.05) is 6.04 Å². The molecule has 1 aliphatic carbocycles. The second-order valence-electron chi connectivity index (χ2n) is 6.21. The molecule has 3 rings (SSSR count). The number of aromatic hydroxyl groups is 1. The summed E-state index contributed by atoms with van der Waals surface area (Å²) in [6, 6.07) is 6.55. The second kappa shape index (κ2) is 5.54. The maximum Gasteiger partial charge on any atom is 0.115 e. The minimum Gasteiger partial charge on any atom is -0.508 e. The highest BCUT2D eigenvalue weighted by Gasteiger charge is 2.30. The van der Waals surface area contributed by atoms with Gasteiger partial charge in [-0.3, -0.25) is 4.90 Å². The summed E-state index contributed by atoms with van der Waals surface area (Å²) in [6.45, 7) is 4.82. The van der Waals surface area contributed by atoms with Crippen LogP contribution >= 0.6 is 0 Å². The van der Waals surface area contributed by atoms with Crippen LogP contribution in [0.1, 0.15) is 56.2 Å². The standard InChI is InChI=1S/C17H25NO/c1-2-3-13-8-10-18(11-9-13)17-7-4-14-12-15(19)5-6-16(14)17/h5-6,12-13,17,19H,2-4,7-11H2,1H3. The highest BCUT2D eigenvalue weighted by molar-refractivity contribution is 5.40. The summed E-state index contributed by atoms with van der Waals surface area (Å²) in [5.74, 6) is 1.38. The van der Waals surface area contributed by atoms with E-state index in [9.17, 15) is 5.11 Å². The van der Waals surface area contributed by atoms with Crippen molar-refractivity contribution in [1.82, 2.24) is 4.90 Å². The summed E-state index contributed by atoms with van der Waals surface area (Å²) < 4.78 is 0. The lowest BCUT2D eigenvalue weighted by Crippen LogP contribution is -2.36. The molecule has 1 fully saturated rings. The average Bonchev–Trinajstić information content (AvgIpc) is 2.83. The van der Waals surface area contributed by atoms with Crippen molar-refractivity contribution in [3.8, 4) is 5.75 Å². The highest BCUT2D eigenvalue weighted by atomic mass is 16.3. The van der Waals surface area contributed by atoms with Crippen LogP contribution in [0, 0.1) is 5.92 Å². The zero-order valence-corrected chi connectivity index (χ0v) is 11.9. The van der Waals surface area contributed by atoms with Crippen LogP contribution in [0.15, 0.2) is 18.2 Å². The fraction of sp³-hybridized carbons (Fsp3) is 0.647. The van der Waals surface area contributed by atoms with E-state index in [1.165, 1.54) is 56.3 Å². The molecular weight excluding hydrogens is 234 g/mol. The molecular formula is C17H25NO. The first-order valence-corrected chi connectivity index (χ1v) is 7.83. The maximum absolute atomic E-state index is 9.57. The van der Waals surface area contributed by atoms with Crippen molar-refractivity contribution in [1.29, 1.82) is 0 Å². The fourth-order valence-electron chi connectivity index (χ4n) is 3.92. The van der Waals surface area contributed by atoms with E-state index < -0.39 is 0 Å². The summed E-state index contributed by atoms with van der Waals surface area (Å²) in [5, 5.41) is 9.57. The molecule has 1 unspecified atom stereocenters. The maximum atomic E-state index is 9.57. The number of phenols is 1. The monoisotopic (exact) mass is 259 g/mol. The van der Waals surface area contributed by atoms with Crippen LogP contribution in [-0.4, -0.2) is 23.1 Å². The molecule has 0 spiro atoms. The Bertz CT molecular complexity index is 435. The van der Waals surface area contributed by atoms with Gasteiger partial charge in [0.05, 0.1) is 0 Å². The number of piperidine rings is 1. The summed E-state index contributed by atoms with van der Waals surface area (Å²) in [6.07, 6.45) is 7.84. The second-order valence-corrected chi connectivity index (χ2v) is 6.21. The molecule has 2 aliphatic rings. The number of hydrogen-bond donors (Lipinski definition) is 1. The van der Waals surface area contributed by atoms with Gasteiger partial charge in [-0.2, -0.15) is 0 Å². The number of likely N-dealkylation sites (tertiary alicyclic amines) is 1. The summed E-state index contributed by atoms with van der Waals surface area (Å²) in [5.41, 5.74) is 2.83. The lowest BCUT2D eigenvalue weighted by molar-refractivity contribution is 0.128. The number of aryl methyl sites for hydroxylation is 1. The van der Waals surface area contributed by atoms with Crippen molar-refractivity contribution in [2.75, 3.05) is 13.1 Å². The summed E-state index contributed by atoms with van der Waals surface area (Å²) in [4.78, 5) is 2.68. The van der Waals surface area contributed by atoms with Gasteiger partial charge in [-0.05, 0) is 68.0 Å². The molecule has 1 N–H and O–H groups in total. The molecule has 1 atom stereocenters. The number of fused-ring (bicyclic) bond motifs is 1. The van der Waals surface area contributed by atoms with Crippen molar-refractivity contribution in [2.45, 2.75) is 51.5 Å². The number of phenolic OH excluding ortho intramolecular Hbond substituents is 1. The van der Waals surface area contributed by atoms with Crippen LogP contribution in [-0.2, 0) is 6.42 Å². The van der Waals surface area contributed by atoms with Crippen LogP contribution in [0.4, 0.5) is 0 Å².